The molecule has 0 saturated carbocycles. The van der Waals surface area contributed by atoms with E-state index in [9.17, 15) is 13.2 Å². The molecule has 1 aromatic carbocycles. The fraction of sp³-hybridized carbons (Fsp3) is 0.357. The molecular weight excluding hydrogens is 347 g/mol. The van der Waals surface area contributed by atoms with Crippen molar-refractivity contribution in [1.29, 1.82) is 0 Å². The molecule has 0 spiro atoms. The number of hydrogen-bond acceptors (Lipinski definition) is 2. The summed E-state index contributed by atoms with van der Waals surface area (Å²) in [5.74, 6) is 0.516. The van der Waals surface area contributed by atoms with Gasteiger partial charge in [0.25, 0.3) is 0 Å². The van der Waals surface area contributed by atoms with Crippen LogP contribution < -0.4 is 5.32 Å². The number of aromatic nitrogens is 2. The zero-order valence-corrected chi connectivity index (χ0v) is 13.4. The number of hydrogen-bond donors (Lipinski definition) is 1. The Morgan fingerprint density at radius 3 is 2.52 bits per heavy atom. The summed E-state index contributed by atoms with van der Waals surface area (Å²) in [6, 6.07) is 3.67. The van der Waals surface area contributed by atoms with Gasteiger partial charge in [0.15, 0.2) is 0 Å². The Kier molecular flexibility index (Phi) is 4.32. The minimum atomic E-state index is -4.38. The molecule has 2 rings (SSSR count). The van der Waals surface area contributed by atoms with Gasteiger partial charge >= 0.3 is 6.18 Å². The molecule has 1 aromatic heterocycles. The molecule has 0 aliphatic carbocycles. The molecule has 0 saturated heterocycles. The van der Waals surface area contributed by atoms with Crippen molar-refractivity contribution in [2.45, 2.75) is 33.0 Å². The number of nitrogens with one attached hydrogen (secondary N) is 1. The van der Waals surface area contributed by atoms with Gasteiger partial charge in [0.1, 0.15) is 0 Å². The van der Waals surface area contributed by atoms with Crippen LogP contribution in [0.15, 0.2) is 28.9 Å². The van der Waals surface area contributed by atoms with Crippen LogP contribution in [-0.2, 0) is 6.18 Å². The van der Waals surface area contributed by atoms with Crippen LogP contribution in [0.4, 0.5) is 19.1 Å². The summed E-state index contributed by atoms with van der Waals surface area (Å²) in [7, 11) is 0. The summed E-state index contributed by atoms with van der Waals surface area (Å²) in [5.41, 5.74) is 0.429. The second-order valence-corrected chi connectivity index (χ2v) is 5.89. The highest BCUT2D eigenvalue weighted by Crippen LogP contribution is 2.34. The van der Waals surface area contributed by atoms with E-state index in [4.69, 9.17) is 0 Å². The van der Waals surface area contributed by atoms with E-state index in [0.717, 1.165) is 17.8 Å². The molecule has 21 heavy (non-hydrogen) atoms. The maximum Gasteiger partial charge on any atom is 0.416 e. The van der Waals surface area contributed by atoms with Gasteiger partial charge in [0, 0.05) is 16.7 Å². The molecular formula is C14H15BrF3N3. The third kappa shape index (κ3) is 3.58. The van der Waals surface area contributed by atoms with Crippen molar-refractivity contribution in [1.82, 2.24) is 9.55 Å². The zero-order chi connectivity index (χ0) is 15.8. The van der Waals surface area contributed by atoms with Crippen molar-refractivity contribution in [3.8, 4) is 5.69 Å². The molecule has 7 heteroatoms. The van der Waals surface area contributed by atoms with Crippen molar-refractivity contribution in [2.24, 2.45) is 0 Å². The highest BCUT2D eigenvalue weighted by Gasteiger charge is 2.31. The fourth-order valence-electron chi connectivity index (χ4n) is 1.92. The highest BCUT2D eigenvalue weighted by atomic mass is 79.9. The molecule has 0 radical (unpaired) electrons. The number of imidazole rings is 1. The number of halogens is 4. The molecule has 0 atom stereocenters. The van der Waals surface area contributed by atoms with Gasteiger partial charge in [0.05, 0.1) is 16.9 Å². The number of benzene rings is 1. The Balaban J connectivity index is 2.56. The van der Waals surface area contributed by atoms with Crippen molar-refractivity contribution in [2.75, 3.05) is 5.32 Å². The number of nitrogens with zero attached hydrogens (tertiary/aromatic N) is 2. The Morgan fingerprint density at radius 1 is 1.29 bits per heavy atom. The maximum atomic E-state index is 12.9. The van der Waals surface area contributed by atoms with E-state index < -0.39 is 11.7 Å². The third-order valence-corrected chi connectivity index (χ3v) is 3.45. The monoisotopic (exact) mass is 361 g/mol. The summed E-state index contributed by atoms with van der Waals surface area (Å²) < 4.78 is 40.8. The van der Waals surface area contributed by atoms with Crippen molar-refractivity contribution < 1.29 is 13.2 Å². The minimum Gasteiger partial charge on any atom is -0.353 e. The van der Waals surface area contributed by atoms with Crippen molar-refractivity contribution >= 4 is 21.9 Å². The maximum absolute atomic E-state index is 12.9. The lowest BCUT2D eigenvalue weighted by Gasteiger charge is -2.15. The molecule has 0 unspecified atom stereocenters. The van der Waals surface area contributed by atoms with Gasteiger partial charge in [-0.15, -0.1) is 0 Å². The summed E-state index contributed by atoms with van der Waals surface area (Å²) >= 11 is 3.30. The normalized spacial score (nSPS) is 12.0. The zero-order valence-electron chi connectivity index (χ0n) is 11.8. The Labute approximate surface area is 129 Å². The molecule has 0 aliphatic heterocycles. The van der Waals surface area contributed by atoms with Crippen LogP contribution in [0.1, 0.15) is 25.1 Å². The first-order valence-electron chi connectivity index (χ1n) is 6.38. The van der Waals surface area contributed by atoms with Crippen LogP contribution in [0.2, 0.25) is 0 Å². The fourth-order valence-corrected chi connectivity index (χ4v) is 2.35. The molecule has 0 fully saturated rings. The highest BCUT2D eigenvalue weighted by molar-refractivity contribution is 9.10. The molecule has 2 aromatic rings. The molecule has 0 bridgehead atoms. The van der Waals surface area contributed by atoms with Crippen molar-refractivity contribution in [3.05, 3.63) is 40.1 Å². The molecule has 114 valence electrons. The van der Waals surface area contributed by atoms with Crippen LogP contribution in [0, 0.1) is 6.92 Å². The standard InChI is InChI=1S/C14H15BrF3N3/c1-8(2)19-13-20-9(3)7-21(13)12-6-10(14(16,17)18)4-5-11(12)15/h4-8H,1-3H3,(H,19,20). The Morgan fingerprint density at radius 2 is 1.95 bits per heavy atom. The van der Waals surface area contributed by atoms with E-state index in [1.807, 2.05) is 13.8 Å². The summed E-state index contributed by atoms with van der Waals surface area (Å²) in [6.07, 6.45) is -2.68. The van der Waals surface area contributed by atoms with E-state index in [2.05, 4.69) is 26.2 Å². The SMILES string of the molecule is Cc1cn(-c2cc(C(F)(F)F)ccc2Br)c(NC(C)C)n1. The quantitative estimate of drug-likeness (QED) is 0.852. The summed E-state index contributed by atoms with van der Waals surface area (Å²) in [4.78, 5) is 4.31. The topological polar surface area (TPSA) is 29.9 Å². The van der Waals surface area contributed by atoms with Crippen molar-refractivity contribution in [3.63, 3.8) is 0 Å². The molecule has 0 amide bonds. The predicted molar refractivity (Wildman–Crippen MR) is 79.8 cm³/mol. The smallest absolute Gasteiger partial charge is 0.353 e. The average molecular weight is 362 g/mol. The van der Waals surface area contributed by atoms with Gasteiger partial charge in [-0.3, -0.25) is 4.57 Å². The molecule has 1 heterocycles. The van der Waals surface area contributed by atoms with Gasteiger partial charge in [0.2, 0.25) is 5.95 Å². The van der Waals surface area contributed by atoms with Gasteiger partial charge in [-0.05, 0) is 54.9 Å². The first kappa shape index (κ1) is 15.9. The van der Waals surface area contributed by atoms with Gasteiger partial charge < -0.3 is 5.32 Å². The number of anilines is 1. The minimum absolute atomic E-state index is 0.120. The second kappa shape index (κ2) is 5.71. The summed E-state index contributed by atoms with van der Waals surface area (Å²) in [5, 5.41) is 3.13. The van der Waals surface area contributed by atoms with E-state index in [-0.39, 0.29) is 6.04 Å². The van der Waals surface area contributed by atoms with E-state index in [0.29, 0.717) is 16.1 Å². The van der Waals surface area contributed by atoms with Crippen LogP contribution in [-0.4, -0.2) is 15.6 Å². The third-order valence-electron chi connectivity index (χ3n) is 2.78. The van der Waals surface area contributed by atoms with Crippen LogP contribution >= 0.6 is 15.9 Å². The lowest BCUT2D eigenvalue weighted by Crippen LogP contribution is -2.14. The lowest BCUT2D eigenvalue weighted by atomic mass is 10.2. The first-order chi connectivity index (χ1) is 9.68. The molecule has 0 aliphatic rings. The second-order valence-electron chi connectivity index (χ2n) is 5.04. The number of alkyl halides is 3. The summed E-state index contributed by atoms with van der Waals surface area (Å²) in [6.45, 7) is 5.68. The van der Waals surface area contributed by atoms with Crippen LogP contribution in [0.3, 0.4) is 0 Å². The van der Waals surface area contributed by atoms with Crippen LogP contribution in [0.25, 0.3) is 5.69 Å². The lowest BCUT2D eigenvalue weighted by molar-refractivity contribution is -0.137. The number of aryl methyl sites for hydroxylation is 1. The molecule has 1 N–H and O–H groups in total. The Hall–Kier alpha value is -1.50. The van der Waals surface area contributed by atoms with Gasteiger partial charge in [-0.1, -0.05) is 0 Å². The largest absolute Gasteiger partial charge is 0.416 e. The van der Waals surface area contributed by atoms with Crippen LogP contribution in [0.5, 0.6) is 0 Å². The van der Waals surface area contributed by atoms with Gasteiger partial charge in [-0.25, -0.2) is 4.98 Å². The predicted octanol–water partition coefficient (Wildman–Crippen LogP) is 4.78. The number of rotatable bonds is 3. The van der Waals surface area contributed by atoms with Gasteiger partial charge in [-0.2, -0.15) is 13.2 Å². The van der Waals surface area contributed by atoms with E-state index >= 15 is 0 Å². The Bertz CT molecular complexity index is 647. The molecule has 3 nitrogen and oxygen atoms in total. The average Bonchev–Trinajstić information content (AvgIpc) is 2.68. The van der Waals surface area contributed by atoms with E-state index in [1.165, 1.54) is 6.07 Å². The first-order valence-corrected chi connectivity index (χ1v) is 7.17. The van der Waals surface area contributed by atoms with E-state index in [1.54, 1.807) is 17.7 Å².